The van der Waals surface area contributed by atoms with Gasteiger partial charge in [0.25, 0.3) is 0 Å². The van der Waals surface area contributed by atoms with Crippen LogP contribution in [-0.2, 0) is 6.61 Å². The van der Waals surface area contributed by atoms with Crippen LogP contribution in [0.2, 0.25) is 0 Å². The number of rotatable bonds is 7. The Kier molecular flexibility index (Phi) is 5.11. The number of carboxylic acids is 1. The van der Waals surface area contributed by atoms with Crippen molar-refractivity contribution in [2.45, 2.75) is 6.61 Å². The highest BCUT2D eigenvalue weighted by atomic mass is 32.1. The summed E-state index contributed by atoms with van der Waals surface area (Å²) in [6, 6.07) is 5.15. The summed E-state index contributed by atoms with van der Waals surface area (Å²) < 4.78 is 21.4. The summed E-state index contributed by atoms with van der Waals surface area (Å²) in [6.07, 6.45) is 0. The van der Waals surface area contributed by atoms with Crippen molar-refractivity contribution in [3.63, 3.8) is 0 Å². The van der Waals surface area contributed by atoms with Crippen LogP contribution in [0.5, 0.6) is 23.0 Å². The van der Waals surface area contributed by atoms with Gasteiger partial charge in [-0.05, 0) is 29.1 Å². The molecule has 0 saturated carbocycles. The molecule has 22 heavy (non-hydrogen) atoms. The number of methoxy groups -OCH3 is 3. The first kappa shape index (κ1) is 16.0. The number of carboxylic acid groups (broad SMARTS) is 1. The van der Waals surface area contributed by atoms with Crippen LogP contribution in [0, 0.1) is 0 Å². The van der Waals surface area contributed by atoms with Gasteiger partial charge in [0.15, 0.2) is 16.4 Å². The number of thiophene rings is 1. The molecule has 0 bridgehead atoms. The summed E-state index contributed by atoms with van der Waals surface area (Å²) in [5.41, 5.74) is 0.775. The Labute approximate surface area is 131 Å². The van der Waals surface area contributed by atoms with E-state index in [2.05, 4.69) is 0 Å². The van der Waals surface area contributed by atoms with E-state index in [0.29, 0.717) is 23.0 Å². The molecule has 2 aromatic rings. The van der Waals surface area contributed by atoms with E-state index in [1.165, 1.54) is 21.3 Å². The minimum atomic E-state index is -1.00. The Morgan fingerprint density at radius 1 is 1.09 bits per heavy atom. The number of aromatic carboxylic acids is 1. The maximum Gasteiger partial charge on any atom is 0.349 e. The van der Waals surface area contributed by atoms with Crippen molar-refractivity contribution in [2.75, 3.05) is 21.3 Å². The van der Waals surface area contributed by atoms with Crippen LogP contribution in [0.3, 0.4) is 0 Å². The second kappa shape index (κ2) is 7.04. The molecule has 2 rings (SSSR count). The van der Waals surface area contributed by atoms with Crippen LogP contribution in [0.15, 0.2) is 23.6 Å². The molecule has 0 saturated heterocycles. The number of carbonyl (C=O) groups is 1. The minimum absolute atomic E-state index is 0.174. The van der Waals surface area contributed by atoms with Gasteiger partial charge in [0.2, 0.25) is 5.75 Å². The van der Waals surface area contributed by atoms with E-state index in [4.69, 9.17) is 24.1 Å². The van der Waals surface area contributed by atoms with Crippen molar-refractivity contribution in [1.29, 1.82) is 0 Å². The maximum atomic E-state index is 11.1. The third kappa shape index (κ3) is 3.25. The molecule has 0 unspecified atom stereocenters. The highest BCUT2D eigenvalue weighted by Gasteiger charge is 2.16. The third-order valence-corrected chi connectivity index (χ3v) is 3.83. The monoisotopic (exact) mass is 324 g/mol. The SMILES string of the molecule is COc1cc(COc2ccsc2C(=O)O)cc(OC)c1OC. The molecule has 0 aliphatic heterocycles. The summed E-state index contributed by atoms with van der Waals surface area (Å²) in [5.74, 6) is 0.866. The van der Waals surface area contributed by atoms with Gasteiger partial charge in [-0.1, -0.05) is 0 Å². The largest absolute Gasteiger partial charge is 0.493 e. The molecule has 6 nitrogen and oxygen atoms in total. The van der Waals surface area contributed by atoms with Gasteiger partial charge in [-0.15, -0.1) is 11.3 Å². The van der Waals surface area contributed by atoms with Crippen LogP contribution in [0.25, 0.3) is 0 Å². The van der Waals surface area contributed by atoms with E-state index in [1.54, 1.807) is 23.6 Å². The molecule has 7 heteroatoms. The lowest BCUT2D eigenvalue weighted by atomic mass is 10.2. The normalized spacial score (nSPS) is 10.1. The average Bonchev–Trinajstić information content (AvgIpc) is 3.00. The van der Waals surface area contributed by atoms with Crippen molar-refractivity contribution < 1.29 is 28.8 Å². The average molecular weight is 324 g/mol. The topological polar surface area (TPSA) is 74.2 Å². The second-order valence-corrected chi connectivity index (χ2v) is 5.16. The van der Waals surface area contributed by atoms with Crippen LogP contribution in [0.4, 0.5) is 0 Å². The molecule has 0 atom stereocenters. The predicted octanol–water partition coefficient (Wildman–Crippen LogP) is 3.05. The minimum Gasteiger partial charge on any atom is -0.493 e. The summed E-state index contributed by atoms with van der Waals surface area (Å²) in [4.78, 5) is 11.2. The van der Waals surface area contributed by atoms with Crippen LogP contribution in [-0.4, -0.2) is 32.4 Å². The van der Waals surface area contributed by atoms with Crippen molar-refractivity contribution >= 4 is 17.3 Å². The van der Waals surface area contributed by atoms with E-state index < -0.39 is 5.97 Å². The van der Waals surface area contributed by atoms with Crippen molar-refractivity contribution in [3.8, 4) is 23.0 Å². The van der Waals surface area contributed by atoms with Gasteiger partial charge < -0.3 is 24.1 Å². The van der Waals surface area contributed by atoms with Gasteiger partial charge in [-0.25, -0.2) is 4.79 Å². The second-order valence-electron chi connectivity index (χ2n) is 4.24. The molecule has 1 N–H and O–H groups in total. The molecular weight excluding hydrogens is 308 g/mol. The zero-order valence-corrected chi connectivity index (χ0v) is 13.2. The number of ether oxygens (including phenoxy) is 4. The molecular formula is C15H16O6S. The van der Waals surface area contributed by atoms with Gasteiger partial charge >= 0.3 is 5.97 Å². The smallest absolute Gasteiger partial charge is 0.349 e. The fourth-order valence-corrected chi connectivity index (χ4v) is 2.62. The third-order valence-electron chi connectivity index (χ3n) is 2.94. The van der Waals surface area contributed by atoms with E-state index in [-0.39, 0.29) is 11.5 Å². The molecule has 1 aromatic carbocycles. The Bertz CT molecular complexity index is 639. The van der Waals surface area contributed by atoms with Gasteiger partial charge in [0, 0.05) is 0 Å². The lowest BCUT2D eigenvalue weighted by Crippen LogP contribution is -2.02. The Hall–Kier alpha value is -2.41. The summed E-state index contributed by atoms with van der Waals surface area (Å²) >= 11 is 1.12. The number of benzene rings is 1. The molecule has 118 valence electrons. The fourth-order valence-electron chi connectivity index (χ4n) is 1.95. The first-order valence-electron chi connectivity index (χ1n) is 6.33. The molecule has 0 spiro atoms. The lowest BCUT2D eigenvalue weighted by molar-refractivity contribution is 0.0697. The summed E-state index contributed by atoms with van der Waals surface area (Å²) in [7, 11) is 4.59. The molecule has 0 amide bonds. The van der Waals surface area contributed by atoms with Gasteiger partial charge in [0.1, 0.15) is 12.4 Å². The van der Waals surface area contributed by atoms with Gasteiger partial charge in [-0.2, -0.15) is 0 Å². The van der Waals surface area contributed by atoms with Crippen LogP contribution in [0.1, 0.15) is 15.2 Å². The summed E-state index contributed by atoms with van der Waals surface area (Å²) in [5, 5.41) is 10.7. The van der Waals surface area contributed by atoms with E-state index in [1.807, 2.05) is 0 Å². The maximum absolute atomic E-state index is 11.1. The van der Waals surface area contributed by atoms with Crippen molar-refractivity contribution in [2.24, 2.45) is 0 Å². The zero-order valence-electron chi connectivity index (χ0n) is 12.4. The lowest BCUT2D eigenvalue weighted by Gasteiger charge is -2.14. The Morgan fingerprint density at radius 2 is 1.73 bits per heavy atom. The first-order valence-corrected chi connectivity index (χ1v) is 7.21. The van der Waals surface area contributed by atoms with E-state index in [9.17, 15) is 4.79 Å². The highest BCUT2D eigenvalue weighted by molar-refractivity contribution is 7.12. The van der Waals surface area contributed by atoms with Crippen LogP contribution < -0.4 is 18.9 Å². The van der Waals surface area contributed by atoms with E-state index in [0.717, 1.165) is 16.9 Å². The highest BCUT2D eigenvalue weighted by Crippen LogP contribution is 2.38. The molecule has 1 heterocycles. The van der Waals surface area contributed by atoms with Gasteiger partial charge in [-0.3, -0.25) is 0 Å². The van der Waals surface area contributed by atoms with Crippen LogP contribution >= 0.6 is 11.3 Å². The van der Waals surface area contributed by atoms with E-state index >= 15 is 0 Å². The molecule has 0 aliphatic rings. The molecule has 0 radical (unpaired) electrons. The van der Waals surface area contributed by atoms with Gasteiger partial charge in [0.05, 0.1) is 21.3 Å². The standard InChI is InChI=1S/C15H16O6S/c1-18-11-6-9(7-12(19-2)13(11)20-3)8-21-10-4-5-22-14(10)15(16)17/h4-7H,8H2,1-3H3,(H,16,17). The molecule has 0 fully saturated rings. The Morgan fingerprint density at radius 3 is 2.23 bits per heavy atom. The predicted molar refractivity (Wildman–Crippen MR) is 81.7 cm³/mol. The Balaban J connectivity index is 2.22. The van der Waals surface area contributed by atoms with Crippen molar-refractivity contribution in [3.05, 3.63) is 34.0 Å². The van der Waals surface area contributed by atoms with Crippen molar-refractivity contribution in [1.82, 2.24) is 0 Å². The first-order chi connectivity index (χ1) is 10.6. The molecule has 0 aliphatic carbocycles. The zero-order chi connectivity index (χ0) is 16.1. The summed E-state index contributed by atoms with van der Waals surface area (Å²) in [6.45, 7) is 0.188. The fraction of sp³-hybridized carbons (Fsp3) is 0.267. The number of hydrogen-bond acceptors (Lipinski definition) is 6. The quantitative estimate of drug-likeness (QED) is 0.844. The number of hydrogen-bond donors (Lipinski definition) is 1. The molecule has 1 aromatic heterocycles.